The van der Waals surface area contributed by atoms with Gasteiger partial charge in [0, 0.05) is 10.9 Å². The first-order chi connectivity index (χ1) is 14.2. The third-order valence-corrected chi connectivity index (χ3v) is 5.60. The van der Waals surface area contributed by atoms with Gasteiger partial charge in [0.05, 0.1) is 12.3 Å². The Morgan fingerprint density at radius 2 is 1.97 bits per heavy atom. The molecule has 0 unspecified atom stereocenters. The van der Waals surface area contributed by atoms with E-state index in [9.17, 15) is 22.8 Å². The highest BCUT2D eigenvalue weighted by atomic mass is 79.9. The zero-order chi connectivity index (χ0) is 22.1. The summed E-state index contributed by atoms with van der Waals surface area (Å²) in [4.78, 5) is 25.2. The summed E-state index contributed by atoms with van der Waals surface area (Å²) in [5.41, 5.74) is 1.32. The van der Waals surface area contributed by atoms with Crippen LogP contribution in [-0.4, -0.2) is 48.0 Å². The van der Waals surface area contributed by atoms with Gasteiger partial charge in [0.2, 0.25) is 0 Å². The van der Waals surface area contributed by atoms with Gasteiger partial charge in [0.15, 0.2) is 0 Å². The van der Waals surface area contributed by atoms with Gasteiger partial charge in [0.1, 0.15) is 9.61 Å². The summed E-state index contributed by atoms with van der Waals surface area (Å²) in [5, 5.41) is 16.8. The van der Waals surface area contributed by atoms with Gasteiger partial charge in [-0.2, -0.15) is 13.2 Å². The van der Waals surface area contributed by atoms with E-state index in [-0.39, 0.29) is 12.5 Å². The average Bonchev–Trinajstić information content (AvgIpc) is 3.13. The number of halogens is 4. The summed E-state index contributed by atoms with van der Waals surface area (Å²) >= 11 is 4.72. The predicted octanol–water partition coefficient (Wildman–Crippen LogP) is 4.75. The van der Waals surface area contributed by atoms with Gasteiger partial charge in [-0.15, -0.1) is 11.3 Å². The second-order valence-corrected chi connectivity index (χ2v) is 7.91. The third kappa shape index (κ3) is 7.92. The molecular formula is C18H19BrF3N3O4S. The molecule has 3 N–H and O–H groups in total. The van der Waals surface area contributed by atoms with Crippen LogP contribution in [-0.2, 0) is 9.53 Å². The van der Waals surface area contributed by atoms with Crippen molar-refractivity contribution in [1.82, 2.24) is 10.3 Å². The van der Waals surface area contributed by atoms with E-state index in [0.29, 0.717) is 5.69 Å². The lowest BCUT2D eigenvalue weighted by Crippen LogP contribution is -2.33. The lowest BCUT2D eigenvalue weighted by Gasteiger charge is -2.22. The highest BCUT2D eigenvalue weighted by molar-refractivity contribution is 9.10. The second-order valence-electron chi connectivity index (χ2n) is 6.24. The van der Waals surface area contributed by atoms with Crippen molar-refractivity contribution in [2.24, 2.45) is 5.92 Å². The average molecular weight is 510 g/mol. The summed E-state index contributed by atoms with van der Waals surface area (Å²) in [7, 11) is 0. The molecule has 30 heavy (non-hydrogen) atoms. The second kappa shape index (κ2) is 11.3. The van der Waals surface area contributed by atoms with Crippen LogP contribution in [0.4, 0.5) is 23.7 Å². The molecule has 12 heteroatoms. The monoisotopic (exact) mass is 509 g/mol. The molecule has 2 aromatic rings. The Labute approximate surface area is 182 Å². The number of ether oxygens (including phenoxy) is 1. The standard InChI is InChI=1S/C10H7BrN2O2S.C8H12F3NO2/c11-8-5-16-9(13-8)6-3-1-2-4-7(6)12-10(14)15;9-8(10,11)7(13)14-5-6-1-3-12-4-2-6/h1-5,12H,(H,14,15);6,12H,1-5H2. The van der Waals surface area contributed by atoms with Crippen LogP contribution in [0.15, 0.2) is 34.2 Å². The number of hydrogen-bond acceptors (Lipinski definition) is 6. The van der Waals surface area contributed by atoms with Gasteiger partial charge in [-0.1, -0.05) is 12.1 Å². The fourth-order valence-electron chi connectivity index (χ4n) is 2.60. The third-order valence-electron chi connectivity index (χ3n) is 4.02. The molecule has 3 rings (SSSR count). The highest BCUT2D eigenvalue weighted by Crippen LogP contribution is 2.31. The van der Waals surface area contributed by atoms with Crippen LogP contribution < -0.4 is 10.6 Å². The quantitative estimate of drug-likeness (QED) is 0.514. The molecule has 0 saturated carbocycles. The summed E-state index contributed by atoms with van der Waals surface area (Å²) in [6.07, 6.45) is -4.44. The van der Waals surface area contributed by atoms with E-state index < -0.39 is 18.2 Å². The minimum absolute atomic E-state index is 0.0579. The summed E-state index contributed by atoms with van der Waals surface area (Å²) in [6.45, 7) is 1.42. The van der Waals surface area contributed by atoms with Crippen molar-refractivity contribution in [2.75, 3.05) is 25.0 Å². The van der Waals surface area contributed by atoms with E-state index in [1.165, 1.54) is 11.3 Å². The molecule has 1 aliphatic rings. The first kappa shape index (κ1) is 24.1. The molecule has 1 aromatic carbocycles. The number of amides is 1. The number of rotatable bonds is 4. The van der Waals surface area contributed by atoms with Gasteiger partial charge in [-0.05, 0) is 59.9 Å². The van der Waals surface area contributed by atoms with E-state index in [1.54, 1.807) is 12.1 Å². The van der Waals surface area contributed by atoms with Crippen LogP contribution in [0.25, 0.3) is 10.6 Å². The molecule has 1 saturated heterocycles. The maximum atomic E-state index is 11.7. The number of alkyl halides is 3. The van der Waals surface area contributed by atoms with Crippen LogP contribution in [0.3, 0.4) is 0 Å². The van der Waals surface area contributed by atoms with Crippen LogP contribution in [0.5, 0.6) is 0 Å². The Morgan fingerprint density at radius 1 is 1.30 bits per heavy atom. The van der Waals surface area contributed by atoms with E-state index in [0.717, 1.165) is 41.1 Å². The molecule has 0 radical (unpaired) electrons. The Hall–Kier alpha value is -2.18. The molecule has 1 fully saturated rings. The normalized spacial score (nSPS) is 14.4. The zero-order valence-corrected chi connectivity index (χ0v) is 17.9. The van der Waals surface area contributed by atoms with Crippen LogP contribution in [0.2, 0.25) is 0 Å². The number of nitrogens with zero attached hydrogens (tertiary/aromatic N) is 1. The number of benzene rings is 1. The molecule has 164 valence electrons. The minimum Gasteiger partial charge on any atom is -0.465 e. The lowest BCUT2D eigenvalue weighted by molar-refractivity contribution is -0.201. The molecule has 0 bridgehead atoms. The topological polar surface area (TPSA) is 101 Å². The number of para-hydroxylation sites is 1. The first-order valence-corrected chi connectivity index (χ1v) is 10.5. The van der Waals surface area contributed by atoms with Crippen LogP contribution in [0, 0.1) is 5.92 Å². The predicted molar refractivity (Wildman–Crippen MR) is 110 cm³/mol. The fourth-order valence-corrected chi connectivity index (χ4v) is 3.89. The molecule has 0 spiro atoms. The molecule has 0 atom stereocenters. The minimum atomic E-state index is -4.87. The van der Waals surface area contributed by atoms with Gasteiger partial charge in [0.25, 0.3) is 0 Å². The van der Waals surface area contributed by atoms with Crippen LogP contribution in [0.1, 0.15) is 12.8 Å². The number of thiazole rings is 1. The highest BCUT2D eigenvalue weighted by Gasteiger charge is 2.41. The van der Waals surface area contributed by atoms with Crippen molar-refractivity contribution < 1.29 is 32.6 Å². The van der Waals surface area contributed by atoms with Crippen LogP contribution >= 0.6 is 27.3 Å². The van der Waals surface area contributed by atoms with Gasteiger partial charge in [-0.25, -0.2) is 14.6 Å². The summed E-state index contributed by atoms with van der Waals surface area (Å²) in [6, 6.07) is 7.16. The first-order valence-electron chi connectivity index (χ1n) is 8.82. The number of carboxylic acid groups (broad SMARTS) is 1. The maximum Gasteiger partial charge on any atom is 0.490 e. The molecule has 1 amide bonds. The van der Waals surface area contributed by atoms with Crippen molar-refractivity contribution in [3.8, 4) is 10.6 Å². The van der Waals surface area contributed by atoms with Gasteiger partial charge >= 0.3 is 18.2 Å². The number of piperidine rings is 1. The summed E-state index contributed by atoms with van der Waals surface area (Å²) in [5.74, 6) is -2.03. The van der Waals surface area contributed by atoms with E-state index in [1.807, 2.05) is 17.5 Å². The maximum absolute atomic E-state index is 11.7. The van der Waals surface area contributed by atoms with Crippen molar-refractivity contribution in [1.29, 1.82) is 0 Å². The van der Waals surface area contributed by atoms with Crippen molar-refractivity contribution in [2.45, 2.75) is 19.0 Å². The number of esters is 1. The van der Waals surface area contributed by atoms with E-state index in [4.69, 9.17) is 5.11 Å². The molecule has 0 aliphatic carbocycles. The van der Waals surface area contributed by atoms with Crippen molar-refractivity contribution in [3.63, 3.8) is 0 Å². The van der Waals surface area contributed by atoms with E-state index in [2.05, 4.69) is 36.3 Å². The molecule has 7 nitrogen and oxygen atoms in total. The Bertz CT molecular complexity index is 857. The van der Waals surface area contributed by atoms with Crippen molar-refractivity contribution >= 4 is 45.0 Å². The van der Waals surface area contributed by atoms with Crippen molar-refractivity contribution in [3.05, 3.63) is 34.2 Å². The largest absolute Gasteiger partial charge is 0.490 e. The smallest absolute Gasteiger partial charge is 0.465 e. The fraction of sp³-hybridized carbons (Fsp3) is 0.389. The Kier molecular flexibility index (Phi) is 9.06. The number of carbonyl (C=O) groups is 2. The Balaban J connectivity index is 0.000000216. The number of carbonyl (C=O) groups excluding carboxylic acids is 1. The SMILES string of the molecule is O=C(O)Nc1ccccc1-c1nc(Br)cs1.O=C(OCC1CCNCC1)C(F)(F)F. The molecule has 2 heterocycles. The number of aromatic nitrogens is 1. The molecule has 1 aromatic heterocycles. The lowest BCUT2D eigenvalue weighted by atomic mass is 9.99. The number of hydrogen-bond donors (Lipinski definition) is 3. The van der Waals surface area contributed by atoms with Gasteiger partial charge in [-0.3, -0.25) is 5.32 Å². The Morgan fingerprint density at radius 3 is 2.53 bits per heavy atom. The number of anilines is 1. The van der Waals surface area contributed by atoms with Gasteiger partial charge < -0.3 is 15.2 Å². The summed E-state index contributed by atoms with van der Waals surface area (Å²) < 4.78 is 40.1. The molecule has 1 aliphatic heterocycles. The molecular weight excluding hydrogens is 491 g/mol. The number of nitrogens with one attached hydrogen (secondary N) is 2. The van der Waals surface area contributed by atoms with E-state index >= 15 is 0 Å². The zero-order valence-electron chi connectivity index (χ0n) is 15.5.